The van der Waals surface area contributed by atoms with E-state index in [-0.39, 0.29) is 5.91 Å². The zero-order valence-corrected chi connectivity index (χ0v) is 20.5. The van der Waals surface area contributed by atoms with Crippen molar-refractivity contribution in [1.82, 2.24) is 10.1 Å². The van der Waals surface area contributed by atoms with E-state index < -0.39 is 0 Å². The number of carbonyl (C=O) groups excluding carboxylic acids is 1. The Labute approximate surface area is 205 Å². The quantitative estimate of drug-likeness (QED) is 0.314. The second-order valence-corrected chi connectivity index (χ2v) is 8.37. The molecule has 0 fully saturated rings. The molecule has 1 aromatic heterocycles. The van der Waals surface area contributed by atoms with Gasteiger partial charge in [-0.05, 0) is 60.9 Å². The van der Waals surface area contributed by atoms with Gasteiger partial charge in [0, 0.05) is 49.6 Å². The van der Waals surface area contributed by atoms with E-state index in [4.69, 9.17) is 9.26 Å². The van der Waals surface area contributed by atoms with E-state index in [1.54, 1.807) is 6.92 Å². The molecule has 4 aromatic rings. The summed E-state index contributed by atoms with van der Waals surface area (Å²) in [6.07, 6.45) is 0. The molecule has 7 nitrogen and oxygen atoms in total. The molecule has 0 aliphatic carbocycles. The molecule has 1 N–H and O–H groups in total. The maximum absolute atomic E-state index is 13.1. The minimum absolute atomic E-state index is 0.153. The van der Waals surface area contributed by atoms with Crippen LogP contribution in [0.15, 0.2) is 71.3 Å². The third kappa shape index (κ3) is 5.94. The minimum atomic E-state index is -0.153. The number of benzene rings is 3. The number of hydrogen-bond donors (Lipinski definition) is 1. The molecule has 0 bridgehead atoms. The van der Waals surface area contributed by atoms with E-state index in [9.17, 15) is 4.79 Å². The highest BCUT2D eigenvalue weighted by molar-refractivity contribution is 6.05. The average molecular weight is 471 g/mol. The molecule has 0 atom stereocenters. The zero-order chi connectivity index (χ0) is 24.8. The summed E-state index contributed by atoms with van der Waals surface area (Å²) in [6.45, 7) is 7.92. The number of ether oxygens (including phenoxy) is 1. The molecular formula is C28H30N4O3. The molecule has 7 heteroatoms. The highest BCUT2D eigenvalue weighted by Crippen LogP contribution is 2.28. The van der Waals surface area contributed by atoms with Gasteiger partial charge in [0.2, 0.25) is 11.7 Å². The normalized spacial score (nSPS) is 10.9. The van der Waals surface area contributed by atoms with Crippen LogP contribution < -0.4 is 10.2 Å². The van der Waals surface area contributed by atoms with Crippen LogP contribution in [-0.2, 0) is 4.74 Å². The first kappa shape index (κ1) is 24.2. The summed E-state index contributed by atoms with van der Waals surface area (Å²) in [4.78, 5) is 19.5. The maximum Gasteiger partial charge on any atom is 0.255 e. The van der Waals surface area contributed by atoms with E-state index in [2.05, 4.69) is 20.4 Å². The molecule has 4 rings (SSSR count). The topological polar surface area (TPSA) is 80.5 Å². The molecular weight excluding hydrogens is 440 g/mol. The lowest BCUT2D eigenvalue weighted by atomic mass is 9.97. The molecule has 35 heavy (non-hydrogen) atoms. The predicted octanol–water partition coefficient (Wildman–Crippen LogP) is 5.75. The van der Waals surface area contributed by atoms with Gasteiger partial charge >= 0.3 is 0 Å². The first-order valence-electron chi connectivity index (χ1n) is 11.7. The minimum Gasteiger partial charge on any atom is -0.380 e. The summed E-state index contributed by atoms with van der Waals surface area (Å²) in [6, 6.07) is 21.5. The SMILES string of the molecule is CCOCCN(C)c1cccc(NC(=O)c2ccc(C)c(-c3ccc(-c4noc(C)n4)cc3)c2)c1. The number of rotatable bonds is 9. The molecule has 0 aliphatic heterocycles. The summed E-state index contributed by atoms with van der Waals surface area (Å²) in [5, 5.41) is 7.00. The van der Waals surface area contributed by atoms with Crippen LogP contribution in [0.3, 0.4) is 0 Å². The lowest BCUT2D eigenvalue weighted by Crippen LogP contribution is -2.22. The molecule has 1 amide bonds. The standard InChI is InChI=1S/C28H30N4O3/c1-5-34-16-15-32(4)25-8-6-7-24(18-25)30-28(33)23-10-9-19(2)26(17-23)21-11-13-22(14-12-21)27-29-20(3)35-31-27/h6-14,17-18H,5,15-16H2,1-4H3,(H,30,33). The van der Waals surface area contributed by atoms with Crippen molar-refractivity contribution in [2.24, 2.45) is 0 Å². The Morgan fingerprint density at radius 1 is 1.03 bits per heavy atom. The van der Waals surface area contributed by atoms with Gasteiger partial charge in [0.05, 0.1) is 6.61 Å². The van der Waals surface area contributed by atoms with Crippen LogP contribution in [0.5, 0.6) is 0 Å². The van der Waals surface area contributed by atoms with Crippen LogP contribution in [0.4, 0.5) is 11.4 Å². The molecule has 1 heterocycles. The lowest BCUT2D eigenvalue weighted by molar-refractivity contribution is 0.102. The maximum atomic E-state index is 13.1. The van der Waals surface area contributed by atoms with Gasteiger partial charge in [-0.15, -0.1) is 0 Å². The zero-order valence-electron chi connectivity index (χ0n) is 20.5. The Morgan fingerprint density at radius 2 is 1.80 bits per heavy atom. The summed E-state index contributed by atoms with van der Waals surface area (Å²) in [5.74, 6) is 0.935. The van der Waals surface area contributed by atoms with Crippen LogP contribution >= 0.6 is 0 Å². The van der Waals surface area contributed by atoms with Gasteiger partial charge in [0.25, 0.3) is 5.91 Å². The lowest BCUT2D eigenvalue weighted by Gasteiger charge is -2.20. The number of hydrogen-bond acceptors (Lipinski definition) is 6. The number of nitrogens with zero attached hydrogens (tertiary/aromatic N) is 3. The van der Waals surface area contributed by atoms with Crippen LogP contribution in [0.25, 0.3) is 22.5 Å². The van der Waals surface area contributed by atoms with E-state index in [0.717, 1.165) is 40.2 Å². The molecule has 0 radical (unpaired) electrons. The van der Waals surface area contributed by atoms with Gasteiger partial charge in [-0.25, -0.2) is 0 Å². The number of carbonyl (C=O) groups is 1. The predicted molar refractivity (Wildman–Crippen MR) is 139 cm³/mol. The van der Waals surface area contributed by atoms with Gasteiger partial charge in [0.15, 0.2) is 0 Å². The van der Waals surface area contributed by atoms with E-state index >= 15 is 0 Å². The fraction of sp³-hybridized carbons (Fsp3) is 0.250. The third-order valence-electron chi connectivity index (χ3n) is 5.80. The van der Waals surface area contributed by atoms with Crippen molar-refractivity contribution >= 4 is 17.3 Å². The first-order chi connectivity index (χ1) is 16.9. The summed E-state index contributed by atoms with van der Waals surface area (Å²) in [7, 11) is 2.01. The van der Waals surface area contributed by atoms with Crippen molar-refractivity contribution in [2.45, 2.75) is 20.8 Å². The number of likely N-dealkylation sites (N-methyl/N-ethyl adjacent to an activating group) is 1. The second-order valence-electron chi connectivity index (χ2n) is 8.37. The van der Waals surface area contributed by atoms with E-state index in [0.29, 0.717) is 30.5 Å². The van der Waals surface area contributed by atoms with Crippen molar-refractivity contribution in [3.05, 3.63) is 83.7 Å². The van der Waals surface area contributed by atoms with Crippen LogP contribution in [0.2, 0.25) is 0 Å². The molecule has 0 spiro atoms. The van der Waals surface area contributed by atoms with Gasteiger partial charge in [-0.3, -0.25) is 4.79 Å². The Bertz CT molecular complexity index is 1300. The monoisotopic (exact) mass is 470 g/mol. The summed E-state index contributed by atoms with van der Waals surface area (Å²) >= 11 is 0. The highest BCUT2D eigenvalue weighted by Gasteiger charge is 2.12. The molecule has 0 aliphatic rings. The highest BCUT2D eigenvalue weighted by atomic mass is 16.5. The number of amides is 1. The van der Waals surface area contributed by atoms with E-state index in [1.807, 2.05) is 87.6 Å². The number of anilines is 2. The number of nitrogens with one attached hydrogen (secondary N) is 1. The largest absolute Gasteiger partial charge is 0.380 e. The number of aromatic nitrogens is 2. The Kier molecular flexibility index (Phi) is 7.57. The molecule has 0 saturated carbocycles. The second kappa shape index (κ2) is 11.0. The Balaban J connectivity index is 1.50. The Morgan fingerprint density at radius 3 is 2.51 bits per heavy atom. The molecule has 0 saturated heterocycles. The summed E-state index contributed by atoms with van der Waals surface area (Å²) < 4.78 is 10.5. The van der Waals surface area contributed by atoms with Gasteiger partial charge in [-0.2, -0.15) is 4.98 Å². The van der Waals surface area contributed by atoms with Crippen LogP contribution in [0.1, 0.15) is 28.7 Å². The van der Waals surface area contributed by atoms with Crippen molar-refractivity contribution in [1.29, 1.82) is 0 Å². The van der Waals surface area contributed by atoms with Crippen molar-refractivity contribution in [2.75, 3.05) is 37.0 Å². The third-order valence-corrected chi connectivity index (χ3v) is 5.80. The van der Waals surface area contributed by atoms with E-state index in [1.165, 1.54) is 0 Å². The van der Waals surface area contributed by atoms with Crippen molar-refractivity contribution < 1.29 is 14.1 Å². The molecule has 0 unspecified atom stereocenters. The average Bonchev–Trinajstić information content (AvgIpc) is 3.31. The molecule has 180 valence electrons. The van der Waals surface area contributed by atoms with Crippen molar-refractivity contribution in [3.63, 3.8) is 0 Å². The van der Waals surface area contributed by atoms with Gasteiger partial charge in [0.1, 0.15) is 0 Å². The summed E-state index contributed by atoms with van der Waals surface area (Å²) in [5.41, 5.74) is 6.34. The van der Waals surface area contributed by atoms with Gasteiger partial charge in [-0.1, -0.05) is 41.6 Å². The fourth-order valence-corrected chi connectivity index (χ4v) is 3.79. The molecule has 3 aromatic carbocycles. The van der Waals surface area contributed by atoms with Crippen molar-refractivity contribution in [3.8, 4) is 22.5 Å². The fourth-order valence-electron chi connectivity index (χ4n) is 3.79. The van der Waals surface area contributed by atoms with Crippen LogP contribution in [0, 0.1) is 13.8 Å². The number of aryl methyl sites for hydroxylation is 2. The Hall–Kier alpha value is -3.97. The first-order valence-corrected chi connectivity index (χ1v) is 11.7. The van der Waals surface area contributed by atoms with Crippen LogP contribution in [-0.4, -0.2) is 42.9 Å². The smallest absolute Gasteiger partial charge is 0.255 e. The van der Waals surface area contributed by atoms with Gasteiger partial charge < -0.3 is 19.5 Å².